The Labute approximate surface area is 128 Å². The molecule has 6 atom stereocenters. The first-order valence-corrected chi connectivity index (χ1v) is 7.82. The highest BCUT2D eigenvalue weighted by molar-refractivity contribution is 6.21. The molecule has 2 fully saturated rings. The SMILES string of the molecule is CC1CC(Cl)NC(NC(=O)NC2CCC(F)C(Cl)C2)N1. The average Bonchev–Trinajstić information content (AvgIpc) is 2.32. The number of alkyl halides is 3. The second-order valence-corrected chi connectivity index (χ2v) is 6.62. The van der Waals surface area contributed by atoms with Gasteiger partial charge in [0.1, 0.15) is 12.5 Å². The van der Waals surface area contributed by atoms with E-state index in [-0.39, 0.29) is 29.9 Å². The maximum atomic E-state index is 13.3. The zero-order valence-corrected chi connectivity index (χ0v) is 12.8. The molecule has 0 spiro atoms. The second kappa shape index (κ2) is 7.11. The molecule has 4 N–H and O–H groups in total. The van der Waals surface area contributed by atoms with E-state index >= 15 is 0 Å². The molecular formula is C12H21Cl2FN4O. The van der Waals surface area contributed by atoms with E-state index in [1.54, 1.807) is 0 Å². The van der Waals surface area contributed by atoms with E-state index in [1.165, 1.54) is 0 Å². The summed E-state index contributed by atoms with van der Waals surface area (Å²) in [5.74, 6) is 0. The van der Waals surface area contributed by atoms with Gasteiger partial charge in [0, 0.05) is 12.1 Å². The van der Waals surface area contributed by atoms with E-state index < -0.39 is 11.5 Å². The summed E-state index contributed by atoms with van der Waals surface area (Å²) in [6.07, 6.45) is 0.895. The fraction of sp³-hybridized carbons (Fsp3) is 0.917. The third-order valence-corrected chi connectivity index (χ3v) is 4.42. The standard InChI is InChI=1S/C12H21Cl2FN4O/c1-6-4-10(14)18-11(16-6)19-12(20)17-7-2-3-9(15)8(13)5-7/h6-11,16,18H,2-5H2,1H3,(H2,17,19,20). The normalized spacial score (nSPS) is 42.0. The van der Waals surface area contributed by atoms with Gasteiger partial charge in [0.2, 0.25) is 0 Å². The van der Waals surface area contributed by atoms with E-state index in [4.69, 9.17) is 23.2 Å². The van der Waals surface area contributed by atoms with Crippen LogP contribution in [0.2, 0.25) is 0 Å². The number of nitrogens with one attached hydrogen (secondary N) is 4. The van der Waals surface area contributed by atoms with Crippen LogP contribution in [-0.2, 0) is 0 Å². The fourth-order valence-electron chi connectivity index (χ4n) is 2.61. The molecule has 1 heterocycles. The Balaban J connectivity index is 1.75. The van der Waals surface area contributed by atoms with Gasteiger partial charge in [-0.25, -0.2) is 9.18 Å². The molecule has 6 unspecified atom stereocenters. The summed E-state index contributed by atoms with van der Waals surface area (Å²) in [5, 5.41) is 11.3. The first-order valence-electron chi connectivity index (χ1n) is 6.95. The molecule has 0 bridgehead atoms. The Morgan fingerprint density at radius 2 is 1.95 bits per heavy atom. The Hall–Kier alpha value is -0.300. The lowest BCUT2D eigenvalue weighted by Crippen LogP contribution is -2.65. The van der Waals surface area contributed by atoms with E-state index in [1.807, 2.05) is 6.92 Å². The molecule has 1 saturated carbocycles. The number of carbonyl (C=O) groups excluding carboxylic acids is 1. The van der Waals surface area contributed by atoms with Crippen molar-refractivity contribution in [1.29, 1.82) is 0 Å². The van der Waals surface area contributed by atoms with Crippen LogP contribution in [0.1, 0.15) is 32.6 Å². The highest BCUT2D eigenvalue weighted by atomic mass is 35.5. The van der Waals surface area contributed by atoms with E-state index in [0.29, 0.717) is 19.3 Å². The summed E-state index contributed by atoms with van der Waals surface area (Å²) in [6, 6.07) is -0.172. The molecule has 2 amide bonds. The number of halogens is 3. The topological polar surface area (TPSA) is 65.2 Å². The lowest BCUT2D eigenvalue weighted by atomic mass is 9.93. The maximum absolute atomic E-state index is 13.3. The molecule has 1 saturated heterocycles. The highest BCUT2D eigenvalue weighted by Gasteiger charge is 2.30. The lowest BCUT2D eigenvalue weighted by molar-refractivity contribution is 0.197. The van der Waals surface area contributed by atoms with Gasteiger partial charge < -0.3 is 10.6 Å². The molecule has 116 valence electrons. The van der Waals surface area contributed by atoms with Crippen molar-refractivity contribution in [1.82, 2.24) is 21.3 Å². The maximum Gasteiger partial charge on any atom is 0.317 e. The van der Waals surface area contributed by atoms with Crippen LogP contribution < -0.4 is 21.3 Å². The zero-order valence-electron chi connectivity index (χ0n) is 11.3. The molecule has 5 nitrogen and oxygen atoms in total. The first-order chi connectivity index (χ1) is 9.44. The van der Waals surface area contributed by atoms with Gasteiger partial charge in [-0.3, -0.25) is 10.6 Å². The van der Waals surface area contributed by atoms with Gasteiger partial charge in [0.15, 0.2) is 0 Å². The number of hydrogen-bond acceptors (Lipinski definition) is 3. The molecule has 0 radical (unpaired) electrons. The summed E-state index contributed by atoms with van der Waals surface area (Å²) in [5.41, 5.74) is -0.175. The minimum absolute atomic E-state index is 0.0858. The van der Waals surface area contributed by atoms with Crippen LogP contribution in [0.3, 0.4) is 0 Å². The number of carbonyl (C=O) groups is 1. The van der Waals surface area contributed by atoms with Crippen molar-refractivity contribution < 1.29 is 9.18 Å². The Kier molecular flexibility index (Phi) is 5.72. The van der Waals surface area contributed by atoms with Gasteiger partial charge >= 0.3 is 6.03 Å². The van der Waals surface area contributed by atoms with Gasteiger partial charge in [0.05, 0.1) is 10.9 Å². The van der Waals surface area contributed by atoms with E-state index in [0.717, 1.165) is 6.42 Å². The van der Waals surface area contributed by atoms with Gasteiger partial charge in [0.25, 0.3) is 0 Å². The van der Waals surface area contributed by atoms with Crippen LogP contribution in [0, 0.1) is 0 Å². The highest BCUT2D eigenvalue weighted by Crippen LogP contribution is 2.25. The Bertz CT molecular complexity index is 339. The minimum Gasteiger partial charge on any atom is -0.335 e. The predicted molar refractivity (Wildman–Crippen MR) is 77.6 cm³/mol. The van der Waals surface area contributed by atoms with Crippen molar-refractivity contribution in [2.45, 2.75) is 68.0 Å². The van der Waals surface area contributed by atoms with Crippen LogP contribution in [0.5, 0.6) is 0 Å². The van der Waals surface area contributed by atoms with Crippen LogP contribution in [0.15, 0.2) is 0 Å². The van der Waals surface area contributed by atoms with Crippen molar-refractivity contribution in [2.24, 2.45) is 0 Å². The molecule has 1 aliphatic heterocycles. The first kappa shape index (κ1) is 16.1. The van der Waals surface area contributed by atoms with Crippen LogP contribution >= 0.6 is 23.2 Å². The van der Waals surface area contributed by atoms with Gasteiger partial charge in [-0.2, -0.15) is 0 Å². The van der Waals surface area contributed by atoms with Crippen LogP contribution in [-0.4, -0.2) is 41.5 Å². The number of urea groups is 1. The quantitative estimate of drug-likeness (QED) is 0.460. The predicted octanol–water partition coefficient (Wildman–Crippen LogP) is 1.60. The Morgan fingerprint density at radius 3 is 2.60 bits per heavy atom. The smallest absolute Gasteiger partial charge is 0.317 e. The molecular weight excluding hydrogens is 306 g/mol. The third kappa shape index (κ3) is 4.62. The van der Waals surface area contributed by atoms with Crippen LogP contribution in [0.4, 0.5) is 9.18 Å². The van der Waals surface area contributed by atoms with Crippen molar-refractivity contribution >= 4 is 29.2 Å². The largest absolute Gasteiger partial charge is 0.335 e. The van der Waals surface area contributed by atoms with Gasteiger partial charge in [-0.1, -0.05) is 0 Å². The molecule has 2 aliphatic rings. The molecule has 0 aromatic heterocycles. The van der Waals surface area contributed by atoms with Crippen molar-refractivity contribution in [2.75, 3.05) is 0 Å². The van der Waals surface area contributed by atoms with Crippen molar-refractivity contribution in [3.8, 4) is 0 Å². The zero-order chi connectivity index (χ0) is 14.7. The summed E-state index contributed by atoms with van der Waals surface area (Å²) in [7, 11) is 0. The van der Waals surface area contributed by atoms with E-state index in [2.05, 4.69) is 21.3 Å². The summed E-state index contributed by atoms with van der Waals surface area (Å²) >= 11 is 11.9. The number of rotatable bonds is 2. The number of hydrogen-bond donors (Lipinski definition) is 4. The third-order valence-electron chi connectivity index (χ3n) is 3.66. The molecule has 20 heavy (non-hydrogen) atoms. The summed E-state index contributed by atoms with van der Waals surface area (Å²) in [6.45, 7) is 2.00. The van der Waals surface area contributed by atoms with Gasteiger partial charge in [-0.15, -0.1) is 23.2 Å². The molecule has 2 rings (SSSR count). The van der Waals surface area contributed by atoms with Gasteiger partial charge in [-0.05, 0) is 32.6 Å². The Morgan fingerprint density at radius 1 is 1.20 bits per heavy atom. The lowest BCUT2D eigenvalue weighted by Gasteiger charge is -2.34. The minimum atomic E-state index is -0.975. The number of amides is 2. The fourth-order valence-corrected chi connectivity index (χ4v) is 3.35. The molecule has 8 heteroatoms. The average molecular weight is 327 g/mol. The van der Waals surface area contributed by atoms with Crippen LogP contribution in [0.25, 0.3) is 0 Å². The molecule has 1 aliphatic carbocycles. The van der Waals surface area contributed by atoms with Crippen molar-refractivity contribution in [3.63, 3.8) is 0 Å². The molecule has 0 aromatic carbocycles. The monoisotopic (exact) mass is 326 g/mol. The van der Waals surface area contributed by atoms with E-state index in [9.17, 15) is 9.18 Å². The second-order valence-electron chi connectivity index (χ2n) is 5.53. The summed E-state index contributed by atoms with van der Waals surface area (Å²) < 4.78 is 13.3. The molecule has 0 aromatic rings. The summed E-state index contributed by atoms with van der Waals surface area (Å²) in [4.78, 5) is 11.9. The van der Waals surface area contributed by atoms with Crippen molar-refractivity contribution in [3.05, 3.63) is 0 Å².